The smallest absolute Gasteiger partial charge is 0.329 e. The Morgan fingerprint density at radius 1 is 1.00 bits per heavy atom. The summed E-state index contributed by atoms with van der Waals surface area (Å²) < 4.78 is 10.4. The van der Waals surface area contributed by atoms with Crippen LogP contribution in [0.3, 0.4) is 0 Å². The number of hydrogen-bond donors (Lipinski definition) is 2. The molecule has 0 bridgehead atoms. The lowest BCUT2D eigenvalue weighted by molar-refractivity contribution is -0.139. The first-order valence-corrected chi connectivity index (χ1v) is 8.09. The number of nitrogens with one attached hydrogen (secondary N) is 2. The fraction of sp³-hybridized carbons (Fsp3) is 0.211. The van der Waals surface area contributed by atoms with Crippen LogP contribution < -0.4 is 20.2 Å². The van der Waals surface area contributed by atoms with Crippen molar-refractivity contribution in [2.45, 2.75) is 13.5 Å². The zero-order valence-corrected chi connectivity index (χ0v) is 14.7. The third-order valence-corrected chi connectivity index (χ3v) is 3.39. The summed E-state index contributed by atoms with van der Waals surface area (Å²) >= 11 is 0. The molecule has 0 aliphatic carbocycles. The SMILES string of the molecule is CCOc1ccc(/C=N/NC(=O)C(=O)NCc2ccc(OC)cc2)cc1. The van der Waals surface area contributed by atoms with E-state index in [-0.39, 0.29) is 6.54 Å². The van der Waals surface area contributed by atoms with Crippen LogP contribution in [-0.2, 0) is 16.1 Å². The predicted octanol–water partition coefficient (Wildman–Crippen LogP) is 1.86. The Kier molecular flexibility index (Phi) is 7.17. The van der Waals surface area contributed by atoms with Crippen molar-refractivity contribution in [2.75, 3.05) is 13.7 Å². The molecule has 2 rings (SSSR count). The molecule has 7 heteroatoms. The van der Waals surface area contributed by atoms with E-state index in [2.05, 4.69) is 15.8 Å². The Morgan fingerprint density at radius 2 is 1.65 bits per heavy atom. The van der Waals surface area contributed by atoms with E-state index in [1.165, 1.54) is 6.21 Å². The molecule has 0 saturated heterocycles. The van der Waals surface area contributed by atoms with Gasteiger partial charge in [0.05, 0.1) is 19.9 Å². The summed E-state index contributed by atoms with van der Waals surface area (Å²) in [5, 5.41) is 6.30. The highest BCUT2D eigenvalue weighted by molar-refractivity contribution is 6.35. The van der Waals surface area contributed by atoms with Crippen molar-refractivity contribution in [3.63, 3.8) is 0 Å². The van der Waals surface area contributed by atoms with Gasteiger partial charge in [-0.05, 0) is 54.4 Å². The molecule has 0 spiro atoms. The zero-order valence-electron chi connectivity index (χ0n) is 14.7. The maximum atomic E-state index is 11.8. The second-order valence-electron chi connectivity index (χ2n) is 5.23. The van der Waals surface area contributed by atoms with Gasteiger partial charge in [-0.3, -0.25) is 9.59 Å². The summed E-state index contributed by atoms with van der Waals surface area (Å²) in [5.74, 6) is -0.113. The van der Waals surface area contributed by atoms with E-state index in [1.807, 2.05) is 6.92 Å². The summed E-state index contributed by atoms with van der Waals surface area (Å²) in [6.45, 7) is 2.73. The molecule has 0 aromatic heterocycles. The molecule has 0 unspecified atom stereocenters. The first kappa shape index (κ1) is 19.0. The van der Waals surface area contributed by atoms with Crippen LogP contribution in [-0.4, -0.2) is 31.7 Å². The van der Waals surface area contributed by atoms with Crippen LogP contribution in [0.2, 0.25) is 0 Å². The second kappa shape index (κ2) is 9.83. The first-order chi connectivity index (χ1) is 12.6. The van der Waals surface area contributed by atoms with E-state index in [0.717, 1.165) is 22.6 Å². The largest absolute Gasteiger partial charge is 0.497 e. The highest BCUT2D eigenvalue weighted by atomic mass is 16.5. The maximum Gasteiger partial charge on any atom is 0.329 e. The van der Waals surface area contributed by atoms with Crippen LogP contribution in [0.1, 0.15) is 18.1 Å². The van der Waals surface area contributed by atoms with Gasteiger partial charge in [0.15, 0.2) is 0 Å². The van der Waals surface area contributed by atoms with Gasteiger partial charge in [-0.25, -0.2) is 5.43 Å². The first-order valence-electron chi connectivity index (χ1n) is 8.09. The summed E-state index contributed by atoms with van der Waals surface area (Å²) in [5.41, 5.74) is 3.81. The lowest BCUT2D eigenvalue weighted by Gasteiger charge is -2.05. The lowest BCUT2D eigenvalue weighted by atomic mass is 10.2. The van der Waals surface area contributed by atoms with Gasteiger partial charge in [0, 0.05) is 6.54 Å². The Bertz CT molecular complexity index is 755. The van der Waals surface area contributed by atoms with Crippen molar-refractivity contribution in [2.24, 2.45) is 5.10 Å². The highest BCUT2D eigenvalue weighted by Crippen LogP contribution is 2.11. The molecule has 26 heavy (non-hydrogen) atoms. The topological polar surface area (TPSA) is 89.0 Å². The molecule has 0 aliphatic rings. The number of carbonyl (C=O) groups excluding carboxylic acids is 2. The molecule has 0 atom stereocenters. The normalized spacial score (nSPS) is 10.4. The Balaban J connectivity index is 1.77. The number of methoxy groups -OCH3 is 1. The van der Waals surface area contributed by atoms with Crippen LogP contribution >= 0.6 is 0 Å². The Hall–Kier alpha value is -3.35. The number of hydrogen-bond acceptors (Lipinski definition) is 5. The molecule has 2 N–H and O–H groups in total. The molecule has 0 aliphatic heterocycles. The minimum absolute atomic E-state index is 0.235. The fourth-order valence-electron chi connectivity index (χ4n) is 2.04. The Labute approximate surface area is 152 Å². The number of benzene rings is 2. The van der Waals surface area contributed by atoms with E-state index in [4.69, 9.17) is 9.47 Å². The summed E-state index contributed by atoms with van der Waals surface area (Å²) in [4.78, 5) is 23.5. The molecule has 136 valence electrons. The van der Waals surface area contributed by atoms with Crippen LogP contribution in [0.25, 0.3) is 0 Å². The Morgan fingerprint density at radius 3 is 2.27 bits per heavy atom. The lowest BCUT2D eigenvalue weighted by Crippen LogP contribution is -2.37. The van der Waals surface area contributed by atoms with E-state index < -0.39 is 11.8 Å². The monoisotopic (exact) mass is 355 g/mol. The van der Waals surface area contributed by atoms with Gasteiger partial charge in [-0.1, -0.05) is 12.1 Å². The van der Waals surface area contributed by atoms with Crippen molar-refractivity contribution in [1.82, 2.24) is 10.7 Å². The minimum Gasteiger partial charge on any atom is -0.497 e. The van der Waals surface area contributed by atoms with Gasteiger partial charge >= 0.3 is 11.8 Å². The van der Waals surface area contributed by atoms with Crippen LogP contribution in [0.15, 0.2) is 53.6 Å². The van der Waals surface area contributed by atoms with Crippen molar-refractivity contribution < 1.29 is 19.1 Å². The van der Waals surface area contributed by atoms with E-state index >= 15 is 0 Å². The molecule has 0 heterocycles. The standard InChI is InChI=1S/C19H21N3O4/c1-3-26-17-10-6-15(7-11-17)13-21-22-19(24)18(23)20-12-14-4-8-16(25-2)9-5-14/h4-11,13H,3,12H2,1-2H3,(H,20,23)(H,22,24)/b21-13+. The van der Waals surface area contributed by atoms with E-state index in [0.29, 0.717) is 6.61 Å². The van der Waals surface area contributed by atoms with Gasteiger partial charge < -0.3 is 14.8 Å². The number of rotatable bonds is 7. The maximum absolute atomic E-state index is 11.8. The van der Waals surface area contributed by atoms with Crippen molar-refractivity contribution in [3.8, 4) is 11.5 Å². The molecule has 0 fully saturated rings. The van der Waals surface area contributed by atoms with Gasteiger partial charge in [0.2, 0.25) is 0 Å². The van der Waals surface area contributed by atoms with E-state index in [1.54, 1.807) is 55.6 Å². The summed E-state index contributed by atoms with van der Waals surface area (Å²) in [6, 6.07) is 14.4. The number of carbonyl (C=O) groups is 2. The van der Waals surface area contributed by atoms with Crippen LogP contribution in [0.5, 0.6) is 11.5 Å². The molecule has 7 nitrogen and oxygen atoms in total. The predicted molar refractivity (Wildman–Crippen MR) is 98.2 cm³/mol. The molecule has 0 saturated carbocycles. The van der Waals surface area contributed by atoms with Crippen LogP contribution in [0.4, 0.5) is 0 Å². The quantitative estimate of drug-likeness (QED) is 0.451. The average molecular weight is 355 g/mol. The molecule has 2 aromatic carbocycles. The molecule has 0 radical (unpaired) electrons. The third kappa shape index (κ3) is 5.94. The van der Waals surface area contributed by atoms with Gasteiger partial charge in [-0.15, -0.1) is 0 Å². The number of hydrazone groups is 1. The fourth-order valence-corrected chi connectivity index (χ4v) is 2.04. The second-order valence-corrected chi connectivity index (χ2v) is 5.23. The zero-order chi connectivity index (χ0) is 18.8. The van der Waals surface area contributed by atoms with Gasteiger partial charge in [-0.2, -0.15) is 5.10 Å². The van der Waals surface area contributed by atoms with Crippen molar-refractivity contribution >= 4 is 18.0 Å². The third-order valence-electron chi connectivity index (χ3n) is 3.39. The minimum atomic E-state index is -0.833. The number of nitrogens with zero attached hydrogens (tertiary/aromatic N) is 1. The molecular formula is C19H21N3O4. The molecular weight excluding hydrogens is 334 g/mol. The van der Waals surface area contributed by atoms with Crippen LogP contribution in [0, 0.1) is 0 Å². The molecule has 2 amide bonds. The van der Waals surface area contributed by atoms with Crippen molar-refractivity contribution in [1.29, 1.82) is 0 Å². The summed E-state index contributed by atoms with van der Waals surface area (Å²) in [7, 11) is 1.58. The van der Waals surface area contributed by atoms with Gasteiger partial charge in [0.25, 0.3) is 0 Å². The molecule has 2 aromatic rings. The van der Waals surface area contributed by atoms with E-state index in [9.17, 15) is 9.59 Å². The average Bonchev–Trinajstić information content (AvgIpc) is 2.68. The van der Waals surface area contributed by atoms with Gasteiger partial charge in [0.1, 0.15) is 11.5 Å². The van der Waals surface area contributed by atoms with Crippen molar-refractivity contribution in [3.05, 3.63) is 59.7 Å². The summed E-state index contributed by atoms with van der Waals surface area (Å²) in [6.07, 6.45) is 1.45. The number of amides is 2. The number of ether oxygens (including phenoxy) is 2. The highest BCUT2D eigenvalue weighted by Gasteiger charge is 2.11.